The van der Waals surface area contributed by atoms with Crippen molar-refractivity contribution >= 4 is 23.3 Å². The lowest BCUT2D eigenvalue weighted by Crippen LogP contribution is -2.17. The molecule has 0 saturated heterocycles. The lowest BCUT2D eigenvalue weighted by atomic mass is 9.90. The second-order valence-corrected chi connectivity index (χ2v) is 4.29. The molecule has 0 aliphatic heterocycles. The molecular formula is C10H23AlO2. The fourth-order valence-corrected chi connectivity index (χ4v) is 1.44. The van der Waals surface area contributed by atoms with Crippen molar-refractivity contribution in [3.8, 4) is 0 Å². The summed E-state index contributed by atoms with van der Waals surface area (Å²) in [6, 6.07) is 0. The number of aliphatic carboxylic acids is 1. The molecule has 13 heavy (non-hydrogen) atoms. The molecule has 0 heterocycles. The van der Waals surface area contributed by atoms with Gasteiger partial charge >= 0.3 is 5.97 Å². The average molecular weight is 202 g/mol. The van der Waals surface area contributed by atoms with Crippen molar-refractivity contribution in [3.05, 3.63) is 0 Å². The summed E-state index contributed by atoms with van der Waals surface area (Å²) in [5.41, 5.74) is 0. The smallest absolute Gasteiger partial charge is 0.306 e. The number of rotatable bonds is 5. The summed E-state index contributed by atoms with van der Waals surface area (Å²) in [6.45, 7) is 8.26. The van der Waals surface area contributed by atoms with Gasteiger partial charge < -0.3 is 5.11 Å². The van der Waals surface area contributed by atoms with Crippen LogP contribution in [0, 0.1) is 17.8 Å². The summed E-state index contributed by atoms with van der Waals surface area (Å²) in [6.07, 6.45) is 1.60. The Morgan fingerprint density at radius 2 is 1.38 bits per heavy atom. The molecule has 1 N–H and O–H groups in total. The van der Waals surface area contributed by atoms with Crippen molar-refractivity contribution < 1.29 is 9.90 Å². The van der Waals surface area contributed by atoms with Gasteiger partial charge in [-0.2, -0.15) is 0 Å². The van der Waals surface area contributed by atoms with Crippen LogP contribution in [0.15, 0.2) is 0 Å². The zero-order valence-corrected chi connectivity index (χ0v) is 8.50. The average Bonchev–Trinajstić information content (AvgIpc) is 1.83. The first kappa shape index (κ1) is 15.5. The quantitative estimate of drug-likeness (QED) is 0.687. The van der Waals surface area contributed by atoms with Crippen molar-refractivity contribution in [2.24, 2.45) is 17.8 Å². The van der Waals surface area contributed by atoms with Crippen LogP contribution in [0.1, 0.15) is 40.5 Å². The lowest BCUT2D eigenvalue weighted by Gasteiger charge is -2.16. The Morgan fingerprint density at radius 1 is 1.08 bits per heavy atom. The standard InChI is InChI=1S/C10H20O2.Al.3H/c1-7(2)5-9(10(11)12)6-8(3)4;;;;/h7-9H,5-6H2,1-4H3,(H,11,12);;;;. The number of hydrogen-bond acceptors (Lipinski definition) is 1. The molecule has 0 saturated carbocycles. The summed E-state index contributed by atoms with van der Waals surface area (Å²) in [5.74, 6) is 0.164. The molecule has 0 atom stereocenters. The third-order valence-electron chi connectivity index (χ3n) is 1.86. The minimum absolute atomic E-state index is 0. The van der Waals surface area contributed by atoms with Crippen molar-refractivity contribution in [1.29, 1.82) is 0 Å². The highest BCUT2D eigenvalue weighted by molar-refractivity contribution is 5.75. The van der Waals surface area contributed by atoms with E-state index < -0.39 is 5.97 Å². The van der Waals surface area contributed by atoms with Crippen molar-refractivity contribution in [2.75, 3.05) is 0 Å². The highest BCUT2D eigenvalue weighted by Gasteiger charge is 2.19. The molecular weight excluding hydrogens is 179 g/mol. The van der Waals surface area contributed by atoms with Crippen LogP contribution in [0.3, 0.4) is 0 Å². The van der Waals surface area contributed by atoms with E-state index in [2.05, 4.69) is 27.7 Å². The monoisotopic (exact) mass is 202 g/mol. The van der Waals surface area contributed by atoms with Crippen molar-refractivity contribution in [3.63, 3.8) is 0 Å². The van der Waals surface area contributed by atoms with Gasteiger partial charge in [-0.1, -0.05) is 27.7 Å². The number of hydrogen-bond donors (Lipinski definition) is 1. The number of carbonyl (C=O) groups is 1. The number of carboxylic acids is 1. The van der Waals surface area contributed by atoms with E-state index in [0.29, 0.717) is 11.8 Å². The van der Waals surface area contributed by atoms with Gasteiger partial charge in [-0.3, -0.25) is 4.79 Å². The molecule has 0 aromatic carbocycles. The Morgan fingerprint density at radius 3 is 1.54 bits per heavy atom. The van der Waals surface area contributed by atoms with Crippen LogP contribution in [-0.4, -0.2) is 28.4 Å². The lowest BCUT2D eigenvalue weighted by molar-refractivity contribution is -0.142. The molecule has 3 heteroatoms. The number of carboxylic acid groups (broad SMARTS) is 1. The Hall–Kier alpha value is 0.00247. The Labute approximate surface area is 91.9 Å². The zero-order valence-electron chi connectivity index (χ0n) is 8.50. The predicted octanol–water partition coefficient (Wildman–Crippen LogP) is 1.60. The van der Waals surface area contributed by atoms with Crippen LogP contribution in [-0.2, 0) is 4.79 Å². The molecule has 0 radical (unpaired) electrons. The van der Waals surface area contributed by atoms with Gasteiger partial charge in [-0.25, -0.2) is 0 Å². The van der Waals surface area contributed by atoms with Crippen molar-refractivity contribution in [1.82, 2.24) is 0 Å². The summed E-state index contributed by atoms with van der Waals surface area (Å²) in [5, 5.41) is 8.87. The minimum Gasteiger partial charge on any atom is -0.481 e. The van der Waals surface area contributed by atoms with Crippen LogP contribution in [0.5, 0.6) is 0 Å². The van der Waals surface area contributed by atoms with E-state index in [9.17, 15) is 4.79 Å². The first-order valence-electron chi connectivity index (χ1n) is 4.66. The third-order valence-corrected chi connectivity index (χ3v) is 1.86. The molecule has 2 nitrogen and oxygen atoms in total. The molecule has 0 rings (SSSR count). The van der Waals surface area contributed by atoms with Gasteiger partial charge in [-0.15, -0.1) is 0 Å². The first-order valence-corrected chi connectivity index (χ1v) is 4.66. The maximum atomic E-state index is 10.8. The third kappa shape index (κ3) is 8.34. The molecule has 0 aliphatic rings. The van der Waals surface area contributed by atoms with Gasteiger partial charge in [-0.05, 0) is 24.7 Å². The highest BCUT2D eigenvalue weighted by Crippen LogP contribution is 2.19. The van der Waals surface area contributed by atoms with E-state index in [-0.39, 0.29) is 23.3 Å². The fraction of sp³-hybridized carbons (Fsp3) is 0.900. The maximum absolute atomic E-state index is 10.8. The van der Waals surface area contributed by atoms with E-state index in [1.165, 1.54) is 0 Å². The Balaban J connectivity index is 0. The SMILES string of the molecule is CC(C)CC(CC(C)C)C(=O)O.[AlH3]. The highest BCUT2D eigenvalue weighted by atomic mass is 27.0. The van der Waals surface area contributed by atoms with Crippen LogP contribution >= 0.6 is 0 Å². The van der Waals surface area contributed by atoms with Crippen LogP contribution in [0.4, 0.5) is 0 Å². The van der Waals surface area contributed by atoms with Crippen LogP contribution < -0.4 is 0 Å². The normalized spacial score (nSPS) is 10.7. The largest absolute Gasteiger partial charge is 0.481 e. The van der Waals surface area contributed by atoms with Gasteiger partial charge in [0.2, 0.25) is 0 Å². The van der Waals surface area contributed by atoms with E-state index >= 15 is 0 Å². The Bertz CT molecular complexity index is 134. The van der Waals surface area contributed by atoms with Gasteiger partial charge in [0.05, 0.1) is 5.92 Å². The molecule has 78 valence electrons. The van der Waals surface area contributed by atoms with Gasteiger partial charge in [0.25, 0.3) is 0 Å². The molecule has 0 fully saturated rings. The second kappa shape index (κ2) is 7.41. The first-order chi connectivity index (χ1) is 5.43. The molecule has 0 bridgehead atoms. The summed E-state index contributed by atoms with van der Waals surface area (Å²) >= 11 is 0. The van der Waals surface area contributed by atoms with Gasteiger partial charge in [0.1, 0.15) is 0 Å². The Kier molecular flexibility index (Phi) is 8.82. The molecule has 0 spiro atoms. The fourth-order valence-electron chi connectivity index (χ4n) is 1.44. The van der Waals surface area contributed by atoms with E-state index in [0.717, 1.165) is 12.8 Å². The molecule has 0 amide bonds. The van der Waals surface area contributed by atoms with Gasteiger partial charge in [0.15, 0.2) is 17.4 Å². The van der Waals surface area contributed by atoms with Gasteiger partial charge in [0, 0.05) is 0 Å². The van der Waals surface area contributed by atoms with Crippen molar-refractivity contribution in [2.45, 2.75) is 40.5 Å². The molecule has 0 aromatic heterocycles. The van der Waals surface area contributed by atoms with Crippen LogP contribution in [0.25, 0.3) is 0 Å². The predicted molar refractivity (Wildman–Crippen MR) is 60.0 cm³/mol. The molecule has 0 aliphatic carbocycles. The molecule has 0 unspecified atom stereocenters. The van der Waals surface area contributed by atoms with E-state index in [4.69, 9.17) is 5.11 Å². The maximum Gasteiger partial charge on any atom is 0.306 e. The van der Waals surface area contributed by atoms with E-state index in [1.54, 1.807) is 0 Å². The topological polar surface area (TPSA) is 37.3 Å². The molecule has 0 aromatic rings. The summed E-state index contributed by atoms with van der Waals surface area (Å²) < 4.78 is 0. The zero-order chi connectivity index (χ0) is 9.72. The second-order valence-electron chi connectivity index (χ2n) is 4.29. The summed E-state index contributed by atoms with van der Waals surface area (Å²) in [4.78, 5) is 10.8. The van der Waals surface area contributed by atoms with Crippen LogP contribution in [0.2, 0.25) is 0 Å². The summed E-state index contributed by atoms with van der Waals surface area (Å²) in [7, 11) is 0. The van der Waals surface area contributed by atoms with E-state index in [1.807, 2.05) is 0 Å². The minimum atomic E-state index is -0.641.